The number of amides is 1. The summed E-state index contributed by atoms with van der Waals surface area (Å²) in [6.45, 7) is 1.61. The van der Waals surface area contributed by atoms with Crippen molar-refractivity contribution in [2.24, 2.45) is 0 Å². The van der Waals surface area contributed by atoms with E-state index in [2.05, 4.69) is 21.2 Å². The van der Waals surface area contributed by atoms with Crippen LogP contribution in [0.2, 0.25) is 0 Å². The Bertz CT molecular complexity index is 471. The third-order valence-corrected chi connectivity index (χ3v) is 3.31. The lowest BCUT2D eigenvalue weighted by molar-refractivity contribution is 0.0796. The van der Waals surface area contributed by atoms with Gasteiger partial charge >= 0.3 is 0 Å². The fourth-order valence-corrected chi connectivity index (χ4v) is 2.25. The molecule has 7 heteroatoms. The minimum absolute atomic E-state index is 0. The van der Waals surface area contributed by atoms with Crippen molar-refractivity contribution < 1.29 is 14.3 Å². The van der Waals surface area contributed by atoms with Crippen molar-refractivity contribution in [2.45, 2.75) is 0 Å². The van der Waals surface area contributed by atoms with E-state index < -0.39 is 0 Å². The van der Waals surface area contributed by atoms with E-state index in [-0.39, 0.29) is 25.1 Å². The molecule has 0 radical (unpaired) electrons. The van der Waals surface area contributed by atoms with Crippen molar-refractivity contribution in [2.75, 3.05) is 34.0 Å². The Balaban J connectivity index is 0.00000180. The fraction of sp³-hybridized carbons (Fsp3) is 0.417. The highest BCUT2D eigenvalue weighted by molar-refractivity contribution is 9.10. The molecule has 0 fully saturated rings. The first-order chi connectivity index (χ1) is 8.63. The minimum atomic E-state index is -0.0377. The van der Waals surface area contributed by atoms with Gasteiger partial charge in [-0.1, -0.05) is 0 Å². The van der Waals surface area contributed by atoms with Crippen LogP contribution in [0.3, 0.4) is 0 Å². The molecule has 5 nitrogen and oxygen atoms in total. The second-order valence-corrected chi connectivity index (χ2v) is 4.88. The number of rotatable bonds is 4. The zero-order valence-electron chi connectivity index (χ0n) is 10.7. The summed E-state index contributed by atoms with van der Waals surface area (Å²) in [5.74, 6) is 1.23. The minimum Gasteiger partial charge on any atom is -0.454 e. The maximum atomic E-state index is 12.2. The van der Waals surface area contributed by atoms with E-state index in [4.69, 9.17) is 9.47 Å². The number of hydrogen-bond acceptors (Lipinski definition) is 4. The molecule has 0 saturated heterocycles. The topological polar surface area (TPSA) is 50.8 Å². The number of carbonyl (C=O) groups excluding carboxylic acids is 1. The van der Waals surface area contributed by atoms with Gasteiger partial charge in [0.05, 0.1) is 4.47 Å². The summed E-state index contributed by atoms with van der Waals surface area (Å²) in [5, 5.41) is 3.01. The van der Waals surface area contributed by atoms with Crippen molar-refractivity contribution in [3.63, 3.8) is 0 Å². The summed E-state index contributed by atoms with van der Waals surface area (Å²) in [6, 6.07) is 3.47. The molecule has 1 amide bonds. The Hall–Kier alpha value is -0.980. The number of halogens is 2. The third-order valence-electron chi connectivity index (χ3n) is 2.72. The number of carbonyl (C=O) groups is 1. The highest BCUT2D eigenvalue weighted by Crippen LogP contribution is 2.40. The lowest BCUT2D eigenvalue weighted by Gasteiger charge is -2.17. The molecule has 0 unspecified atom stereocenters. The number of hydrogen-bond donors (Lipinski definition) is 1. The van der Waals surface area contributed by atoms with Crippen LogP contribution in [0.4, 0.5) is 0 Å². The summed E-state index contributed by atoms with van der Waals surface area (Å²) in [4.78, 5) is 13.9. The maximum Gasteiger partial charge on any atom is 0.253 e. The summed E-state index contributed by atoms with van der Waals surface area (Å²) in [6.07, 6.45) is 0. The van der Waals surface area contributed by atoms with Crippen LogP contribution in [0, 0.1) is 0 Å². The first-order valence-corrected chi connectivity index (χ1v) is 6.42. The number of benzene rings is 1. The molecule has 2 rings (SSSR count). The van der Waals surface area contributed by atoms with Gasteiger partial charge in [-0.3, -0.25) is 4.79 Å². The number of fused-ring (bicyclic) bond motifs is 1. The normalized spacial score (nSPS) is 11.9. The predicted octanol–water partition coefficient (Wildman–Crippen LogP) is 1.89. The molecule has 0 aromatic heterocycles. The fourth-order valence-electron chi connectivity index (χ4n) is 1.69. The van der Waals surface area contributed by atoms with E-state index in [1.54, 1.807) is 24.1 Å². The molecule has 0 spiro atoms. The zero-order chi connectivity index (χ0) is 13.1. The molecule has 0 atom stereocenters. The van der Waals surface area contributed by atoms with Gasteiger partial charge in [0, 0.05) is 25.7 Å². The molecular formula is C12H16BrClN2O3. The first kappa shape index (κ1) is 16.1. The Kier molecular flexibility index (Phi) is 5.90. The van der Waals surface area contributed by atoms with Crippen LogP contribution in [0.1, 0.15) is 10.4 Å². The monoisotopic (exact) mass is 350 g/mol. The first-order valence-electron chi connectivity index (χ1n) is 5.62. The number of nitrogens with zero attached hydrogens (tertiary/aromatic N) is 1. The van der Waals surface area contributed by atoms with E-state index in [9.17, 15) is 4.79 Å². The van der Waals surface area contributed by atoms with Crippen molar-refractivity contribution in [3.05, 3.63) is 22.2 Å². The van der Waals surface area contributed by atoms with Gasteiger partial charge in [0.2, 0.25) is 6.79 Å². The second kappa shape index (κ2) is 6.98. The molecular weight excluding hydrogens is 336 g/mol. The summed E-state index contributed by atoms with van der Waals surface area (Å²) in [7, 11) is 3.63. The molecule has 1 aromatic carbocycles. The van der Waals surface area contributed by atoms with Crippen molar-refractivity contribution in [1.82, 2.24) is 10.2 Å². The summed E-state index contributed by atoms with van der Waals surface area (Å²) < 4.78 is 11.3. The molecule has 1 N–H and O–H groups in total. The second-order valence-electron chi connectivity index (χ2n) is 4.02. The van der Waals surface area contributed by atoms with Gasteiger partial charge in [-0.15, -0.1) is 12.4 Å². The molecule has 1 aliphatic rings. The molecule has 1 aromatic rings. The maximum absolute atomic E-state index is 12.2. The van der Waals surface area contributed by atoms with Crippen molar-refractivity contribution in [1.29, 1.82) is 0 Å². The molecule has 0 aliphatic carbocycles. The van der Waals surface area contributed by atoms with E-state index in [0.717, 1.165) is 11.0 Å². The van der Waals surface area contributed by atoms with Gasteiger partial charge in [0.25, 0.3) is 5.91 Å². The largest absolute Gasteiger partial charge is 0.454 e. The lowest BCUT2D eigenvalue weighted by Crippen LogP contribution is -2.32. The Morgan fingerprint density at radius 1 is 1.47 bits per heavy atom. The molecule has 0 saturated carbocycles. The Morgan fingerprint density at radius 3 is 2.89 bits per heavy atom. The van der Waals surface area contributed by atoms with Gasteiger partial charge in [-0.05, 0) is 35.1 Å². The van der Waals surface area contributed by atoms with Crippen LogP contribution >= 0.6 is 28.3 Å². The SMILES string of the molecule is CNCCN(C)C(=O)c1cc(Br)c2c(c1)OCO2.Cl. The van der Waals surface area contributed by atoms with Crippen LogP contribution in [0.5, 0.6) is 11.5 Å². The van der Waals surface area contributed by atoms with Gasteiger partial charge in [0.15, 0.2) is 11.5 Å². The van der Waals surface area contributed by atoms with Crippen LogP contribution in [0.25, 0.3) is 0 Å². The average Bonchev–Trinajstić information content (AvgIpc) is 2.83. The molecule has 1 heterocycles. The van der Waals surface area contributed by atoms with Crippen molar-refractivity contribution >= 4 is 34.2 Å². The number of likely N-dealkylation sites (N-methyl/N-ethyl adjacent to an activating group) is 2. The standard InChI is InChI=1S/C12H15BrN2O3.ClH/c1-14-3-4-15(2)12(16)8-5-9(13)11-10(6-8)17-7-18-11;/h5-6,14H,3-4,7H2,1-2H3;1H. The van der Waals surface area contributed by atoms with E-state index in [1.165, 1.54) is 0 Å². The highest BCUT2D eigenvalue weighted by atomic mass is 79.9. The predicted molar refractivity (Wildman–Crippen MR) is 78.4 cm³/mol. The Morgan fingerprint density at radius 2 is 2.21 bits per heavy atom. The molecule has 0 bridgehead atoms. The lowest BCUT2D eigenvalue weighted by atomic mass is 10.2. The van der Waals surface area contributed by atoms with Gasteiger partial charge in [-0.2, -0.15) is 0 Å². The van der Waals surface area contributed by atoms with E-state index in [0.29, 0.717) is 23.6 Å². The number of nitrogens with one attached hydrogen (secondary N) is 1. The molecule has 106 valence electrons. The van der Waals surface area contributed by atoms with Crippen LogP contribution in [-0.2, 0) is 0 Å². The van der Waals surface area contributed by atoms with Crippen LogP contribution < -0.4 is 14.8 Å². The van der Waals surface area contributed by atoms with Crippen LogP contribution in [-0.4, -0.2) is 44.8 Å². The number of ether oxygens (including phenoxy) is 2. The molecule has 19 heavy (non-hydrogen) atoms. The molecule has 1 aliphatic heterocycles. The van der Waals surface area contributed by atoms with Gasteiger partial charge in [-0.25, -0.2) is 0 Å². The summed E-state index contributed by atoms with van der Waals surface area (Å²) in [5.41, 5.74) is 0.588. The average molecular weight is 352 g/mol. The smallest absolute Gasteiger partial charge is 0.253 e. The van der Waals surface area contributed by atoms with Gasteiger partial charge < -0.3 is 19.7 Å². The zero-order valence-corrected chi connectivity index (χ0v) is 13.1. The Labute approximate surface area is 126 Å². The van der Waals surface area contributed by atoms with E-state index in [1.807, 2.05) is 7.05 Å². The quantitative estimate of drug-likeness (QED) is 0.900. The highest BCUT2D eigenvalue weighted by Gasteiger charge is 2.21. The van der Waals surface area contributed by atoms with Crippen molar-refractivity contribution in [3.8, 4) is 11.5 Å². The summed E-state index contributed by atoms with van der Waals surface area (Å²) >= 11 is 3.38. The third kappa shape index (κ3) is 3.52. The van der Waals surface area contributed by atoms with Gasteiger partial charge in [0.1, 0.15) is 0 Å². The van der Waals surface area contributed by atoms with Crippen LogP contribution in [0.15, 0.2) is 16.6 Å². The van der Waals surface area contributed by atoms with E-state index >= 15 is 0 Å².